The van der Waals surface area contributed by atoms with Crippen LogP contribution >= 0.6 is 50.9 Å². The number of thioether (sulfide) groups is 1. The third-order valence-corrected chi connectivity index (χ3v) is 6.70. The smallest absolute Gasteiger partial charge is 0.264 e. The van der Waals surface area contributed by atoms with Crippen molar-refractivity contribution in [3.8, 4) is 5.75 Å². The molecule has 0 unspecified atom stereocenters. The van der Waals surface area contributed by atoms with Crippen molar-refractivity contribution in [3.05, 3.63) is 97.0 Å². The predicted octanol–water partition coefficient (Wildman–Crippen LogP) is 7.37. The Morgan fingerprint density at radius 3 is 2.66 bits per heavy atom. The summed E-state index contributed by atoms with van der Waals surface area (Å²) in [5.41, 5.74) is 2.15. The van der Waals surface area contributed by atoms with E-state index in [9.17, 15) is 9.18 Å². The topological polar surface area (TPSA) is 50.7 Å². The molecule has 3 aromatic carbocycles. The highest BCUT2D eigenvalue weighted by molar-refractivity contribution is 9.10. The highest BCUT2D eigenvalue weighted by Crippen LogP contribution is 2.35. The lowest BCUT2D eigenvalue weighted by Gasteiger charge is -2.09. The molecule has 0 atom stereocenters. The average molecular weight is 552 g/mol. The number of aliphatic imine (C=N–C) groups is 1. The van der Waals surface area contributed by atoms with Gasteiger partial charge >= 0.3 is 0 Å². The van der Waals surface area contributed by atoms with Crippen LogP contribution in [-0.2, 0) is 11.4 Å². The zero-order valence-corrected chi connectivity index (χ0v) is 20.2. The number of halogens is 4. The Labute approximate surface area is 206 Å². The molecule has 1 amide bonds. The predicted molar refractivity (Wildman–Crippen MR) is 132 cm³/mol. The summed E-state index contributed by atoms with van der Waals surface area (Å²) in [6, 6.07) is 16.8. The van der Waals surface area contributed by atoms with Crippen molar-refractivity contribution in [3.63, 3.8) is 0 Å². The van der Waals surface area contributed by atoms with E-state index in [-0.39, 0.29) is 11.7 Å². The number of hydrogen-bond donors (Lipinski definition) is 1. The zero-order chi connectivity index (χ0) is 22.7. The Morgan fingerprint density at radius 1 is 1.12 bits per heavy atom. The molecule has 1 fully saturated rings. The largest absolute Gasteiger partial charge is 0.488 e. The molecule has 1 aliphatic rings. The summed E-state index contributed by atoms with van der Waals surface area (Å²) in [6.07, 6.45) is 1.76. The van der Waals surface area contributed by atoms with Gasteiger partial charge in [-0.3, -0.25) is 4.79 Å². The van der Waals surface area contributed by atoms with Crippen LogP contribution in [-0.4, -0.2) is 11.1 Å². The van der Waals surface area contributed by atoms with Crippen LogP contribution in [0.1, 0.15) is 11.1 Å². The Balaban J connectivity index is 1.47. The maximum absolute atomic E-state index is 13.0. The Bertz CT molecular complexity index is 1250. The highest BCUT2D eigenvalue weighted by Gasteiger charge is 2.24. The van der Waals surface area contributed by atoms with Gasteiger partial charge in [0, 0.05) is 0 Å². The standard InChI is InChI=1S/C23H14BrCl2FN2O2S/c24-16-10-14(6-9-19(16)31-12-13-4-7-15(27)8-5-13)11-20-22(30)29-23(32-20)28-18-3-1-2-17(25)21(18)26/h1-11H,12H2,(H,28,29,30)/b20-11-. The summed E-state index contributed by atoms with van der Waals surface area (Å²) < 4.78 is 19.5. The molecule has 9 heteroatoms. The van der Waals surface area contributed by atoms with E-state index in [0.717, 1.165) is 15.6 Å². The van der Waals surface area contributed by atoms with E-state index in [1.807, 2.05) is 12.1 Å². The second kappa shape index (κ2) is 10.1. The minimum Gasteiger partial charge on any atom is -0.488 e. The van der Waals surface area contributed by atoms with E-state index in [2.05, 4.69) is 26.2 Å². The van der Waals surface area contributed by atoms with E-state index in [1.54, 1.807) is 42.5 Å². The normalized spacial score (nSPS) is 15.9. The quantitative estimate of drug-likeness (QED) is 0.337. The summed E-state index contributed by atoms with van der Waals surface area (Å²) in [7, 11) is 0. The number of hydrogen-bond acceptors (Lipinski definition) is 4. The molecule has 162 valence electrons. The molecule has 1 saturated heterocycles. The van der Waals surface area contributed by atoms with Crippen LogP contribution in [0.2, 0.25) is 10.0 Å². The van der Waals surface area contributed by atoms with Crippen molar-refractivity contribution in [2.45, 2.75) is 6.61 Å². The van der Waals surface area contributed by atoms with E-state index in [4.69, 9.17) is 27.9 Å². The monoisotopic (exact) mass is 550 g/mol. The second-order valence-electron chi connectivity index (χ2n) is 6.66. The molecular formula is C23H14BrCl2FN2O2S. The van der Waals surface area contributed by atoms with Crippen molar-refractivity contribution in [2.75, 3.05) is 0 Å². The Morgan fingerprint density at radius 2 is 1.91 bits per heavy atom. The fourth-order valence-electron chi connectivity index (χ4n) is 2.79. The Kier molecular flexibility index (Phi) is 7.20. The van der Waals surface area contributed by atoms with Crippen LogP contribution < -0.4 is 10.1 Å². The van der Waals surface area contributed by atoms with Crippen LogP contribution in [0.4, 0.5) is 10.1 Å². The number of ether oxygens (including phenoxy) is 1. The third-order valence-electron chi connectivity index (χ3n) is 4.37. The van der Waals surface area contributed by atoms with Gasteiger partial charge in [0.1, 0.15) is 18.2 Å². The molecule has 0 radical (unpaired) electrons. The maximum Gasteiger partial charge on any atom is 0.264 e. The number of carbonyl (C=O) groups excluding carboxylic acids is 1. The molecular weight excluding hydrogens is 538 g/mol. The van der Waals surface area contributed by atoms with Gasteiger partial charge in [-0.15, -0.1) is 0 Å². The second-order valence-corrected chi connectivity index (χ2v) is 9.33. The fraction of sp³-hybridized carbons (Fsp3) is 0.0435. The molecule has 0 aliphatic carbocycles. The van der Waals surface area contributed by atoms with Crippen molar-refractivity contribution < 1.29 is 13.9 Å². The molecule has 1 N–H and O–H groups in total. The molecule has 32 heavy (non-hydrogen) atoms. The van der Waals surface area contributed by atoms with E-state index in [1.165, 1.54) is 23.9 Å². The summed E-state index contributed by atoms with van der Waals surface area (Å²) in [4.78, 5) is 17.2. The van der Waals surface area contributed by atoms with Gasteiger partial charge in [0.2, 0.25) is 0 Å². The van der Waals surface area contributed by atoms with E-state index >= 15 is 0 Å². The number of amidine groups is 1. The van der Waals surface area contributed by atoms with Gasteiger partial charge in [-0.25, -0.2) is 9.38 Å². The van der Waals surface area contributed by atoms with Crippen molar-refractivity contribution in [2.24, 2.45) is 4.99 Å². The highest BCUT2D eigenvalue weighted by atomic mass is 79.9. The molecule has 3 aromatic rings. The summed E-state index contributed by atoms with van der Waals surface area (Å²) in [5.74, 6) is 0.0996. The lowest BCUT2D eigenvalue weighted by molar-refractivity contribution is -0.115. The first kappa shape index (κ1) is 22.9. The van der Waals surface area contributed by atoms with Crippen LogP contribution in [0.5, 0.6) is 5.75 Å². The molecule has 0 aromatic heterocycles. The molecule has 4 rings (SSSR count). The number of rotatable bonds is 5. The van der Waals surface area contributed by atoms with Crippen LogP contribution in [0, 0.1) is 5.82 Å². The van der Waals surface area contributed by atoms with E-state index in [0.29, 0.717) is 38.2 Å². The number of amides is 1. The van der Waals surface area contributed by atoms with Gasteiger partial charge in [-0.1, -0.05) is 47.5 Å². The van der Waals surface area contributed by atoms with Gasteiger partial charge in [0.25, 0.3) is 5.91 Å². The number of benzene rings is 3. The first-order valence-electron chi connectivity index (χ1n) is 9.29. The van der Waals surface area contributed by atoms with Crippen molar-refractivity contribution in [1.29, 1.82) is 0 Å². The van der Waals surface area contributed by atoms with Crippen LogP contribution in [0.25, 0.3) is 6.08 Å². The fourth-order valence-corrected chi connectivity index (χ4v) is 4.47. The number of nitrogens with zero attached hydrogens (tertiary/aromatic N) is 1. The molecule has 0 spiro atoms. The molecule has 0 bridgehead atoms. The van der Waals surface area contributed by atoms with E-state index < -0.39 is 0 Å². The van der Waals surface area contributed by atoms with Crippen LogP contribution in [0.15, 0.2) is 75.0 Å². The van der Waals surface area contributed by atoms with Gasteiger partial charge in [-0.05, 0) is 81.3 Å². The van der Waals surface area contributed by atoms with Gasteiger partial charge in [-0.2, -0.15) is 0 Å². The lowest BCUT2D eigenvalue weighted by Crippen LogP contribution is -2.19. The number of carbonyl (C=O) groups is 1. The third kappa shape index (κ3) is 5.53. The van der Waals surface area contributed by atoms with Crippen LogP contribution in [0.3, 0.4) is 0 Å². The minimum atomic E-state index is -0.287. The number of nitrogens with one attached hydrogen (secondary N) is 1. The first-order valence-corrected chi connectivity index (χ1v) is 11.7. The molecule has 1 heterocycles. The van der Waals surface area contributed by atoms with Gasteiger partial charge in [0.15, 0.2) is 5.17 Å². The maximum atomic E-state index is 13.0. The first-order chi connectivity index (χ1) is 15.4. The van der Waals surface area contributed by atoms with Crippen molar-refractivity contribution in [1.82, 2.24) is 5.32 Å². The molecule has 0 saturated carbocycles. The average Bonchev–Trinajstić information content (AvgIpc) is 3.10. The summed E-state index contributed by atoms with van der Waals surface area (Å²) in [6.45, 7) is 0.309. The Hall–Kier alpha value is -2.32. The summed E-state index contributed by atoms with van der Waals surface area (Å²) >= 11 is 16.9. The van der Waals surface area contributed by atoms with Crippen molar-refractivity contribution >= 4 is 73.7 Å². The minimum absolute atomic E-state index is 0.250. The molecule has 1 aliphatic heterocycles. The van der Waals surface area contributed by atoms with Gasteiger partial charge in [0.05, 0.1) is 25.1 Å². The van der Waals surface area contributed by atoms with Gasteiger partial charge < -0.3 is 10.1 Å². The zero-order valence-electron chi connectivity index (χ0n) is 16.2. The molecule has 4 nitrogen and oxygen atoms in total. The lowest BCUT2D eigenvalue weighted by atomic mass is 10.2. The SMILES string of the molecule is O=C1NC(=Nc2cccc(Cl)c2Cl)S/C1=C\c1ccc(OCc2ccc(F)cc2)c(Br)c1. The summed E-state index contributed by atoms with van der Waals surface area (Å²) in [5, 5.41) is 3.87.